The van der Waals surface area contributed by atoms with E-state index in [1.54, 1.807) is 12.1 Å². The van der Waals surface area contributed by atoms with Crippen LogP contribution in [0.1, 0.15) is 61.4 Å². The smallest absolute Gasteiger partial charge is 0.329 e. The van der Waals surface area contributed by atoms with E-state index >= 15 is 0 Å². The molecule has 1 aromatic carbocycles. The summed E-state index contributed by atoms with van der Waals surface area (Å²) >= 11 is 0. The highest BCUT2D eigenvalue weighted by Crippen LogP contribution is 2.28. The summed E-state index contributed by atoms with van der Waals surface area (Å²) in [4.78, 5) is 24.0. The maximum absolute atomic E-state index is 12.4. The second kappa shape index (κ2) is 6.74. The Kier molecular flexibility index (Phi) is 4.99. The molecule has 1 aromatic rings. The lowest BCUT2D eigenvalue weighted by molar-refractivity contribution is -0.145. The molecule has 2 N–H and O–H groups in total. The molecule has 2 rings (SSSR count). The van der Waals surface area contributed by atoms with Crippen molar-refractivity contribution in [3.05, 3.63) is 35.4 Å². The third-order valence-corrected chi connectivity index (χ3v) is 4.34. The standard InChI is InChI=1S/C17H23NO3/c1-2-13-7-9-14(10-8-13)15(19)18-17(16(20)21)11-5-3-4-6-12-17/h7-10H,2-6,11-12H2,1H3,(H,18,19)(H,20,21). The van der Waals surface area contributed by atoms with Crippen LogP contribution in [0.2, 0.25) is 0 Å². The number of hydrogen-bond donors (Lipinski definition) is 2. The predicted octanol–water partition coefficient (Wildman–Crippen LogP) is 3.16. The van der Waals surface area contributed by atoms with Crippen LogP contribution in [0.15, 0.2) is 24.3 Å². The van der Waals surface area contributed by atoms with Crippen LogP contribution in [0, 0.1) is 0 Å². The van der Waals surface area contributed by atoms with Gasteiger partial charge in [0.2, 0.25) is 0 Å². The van der Waals surface area contributed by atoms with Gasteiger partial charge < -0.3 is 10.4 Å². The highest BCUT2D eigenvalue weighted by Gasteiger charge is 2.40. The lowest BCUT2D eigenvalue weighted by Crippen LogP contribution is -2.54. The third kappa shape index (κ3) is 3.63. The van der Waals surface area contributed by atoms with Gasteiger partial charge in [-0.05, 0) is 37.0 Å². The second-order valence-corrected chi connectivity index (χ2v) is 5.81. The summed E-state index contributed by atoms with van der Waals surface area (Å²) in [5.41, 5.74) is 0.586. The topological polar surface area (TPSA) is 66.4 Å². The van der Waals surface area contributed by atoms with Gasteiger partial charge in [-0.1, -0.05) is 44.7 Å². The Labute approximate surface area is 125 Å². The molecule has 1 aliphatic rings. The fourth-order valence-electron chi connectivity index (χ4n) is 2.91. The van der Waals surface area contributed by atoms with E-state index in [2.05, 4.69) is 12.2 Å². The molecule has 4 heteroatoms. The van der Waals surface area contributed by atoms with Crippen LogP contribution in [-0.4, -0.2) is 22.5 Å². The SMILES string of the molecule is CCc1ccc(C(=O)NC2(C(=O)O)CCCCCC2)cc1. The maximum Gasteiger partial charge on any atom is 0.329 e. The van der Waals surface area contributed by atoms with Gasteiger partial charge in [-0.2, -0.15) is 0 Å². The third-order valence-electron chi connectivity index (χ3n) is 4.34. The first-order valence-corrected chi connectivity index (χ1v) is 7.72. The van der Waals surface area contributed by atoms with Crippen LogP contribution in [0.4, 0.5) is 0 Å². The van der Waals surface area contributed by atoms with Gasteiger partial charge in [-0.3, -0.25) is 4.79 Å². The van der Waals surface area contributed by atoms with Gasteiger partial charge in [0.1, 0.15) is 5.54 Å². The van der Waals surface area contributed by atoms with Crippen molar-refractivity contribution in [1.82, 2.24) is 5.32 Å². The molecule has 0 heterocycles. The van der Waals surface area contributed by atoms with Gasteiger partial charge in [0.05, 0.1) is 0 Å². The minimum Gasteiger partial charge on any atom is -0.480 e. The minimum absolute atomic E-state index is 0.290. The molecule has 1 fully saturated rings. The van der Waals surface area contributed by atoms with Crippen LogP contribution in [0.25, 0.3) is 0 Å². The summed E-state index contributed by atoms with van der Waals surface area (Å²) in [6.45, 7) is 2.06. The molecular formula is C17H23NO3. The number of rotatable bonds is 4. The van der Waals surface area contributed by atoms with Crippen molar-refractivity contribution < 1.29 is 14.7 Å². The van der Waals surface area contributed by atoms with Crippen molar-refractivity contribution in [2.75, 3.05) is 0 Å². The van der Waals surface area contributed by atoms with Gasteiger partial charge in [-0.25, -0.2) is 4.79 Å². The normalized spacial score (nSPS) is 17.8. The van der Waals surface area contributed by atoms with Crippen molar-refractivity contribution in [3.8, 4) is 0 Å². The van der Waals surface area contributed by atoms with Crippen LogP contribution >= 0.6 is 0 Å². The first-order valence-electron chi connectivity index (χ1n) is 7.72. The zero-order chi connectivity index (χ0) is 15.3. The second-order valence-electron chi connectivity index (χ2n) is 5.81. The van der Waals surface area contributed by atoms with Gasteiger partial charge in [-0.15, -0.1) is 0 Å². The zero-order valence-corrected chi connectivity index (χ0v) is 12.5. The molecule has 1 aliphatic carbocycles. The predicted molar refractivity (Wildman–Crippen MR) is 81.4 cm³/mol. The summed E-state index contributed by atoms with van der Waals surface area (Å²) in [5, 5.41) is 12.4. The van der Waals surface area contributed by atoms with Crippen molar-refractivity contribution in [3.63, 3.8) is 0 Å². The van der Waals surface area contributed by atoms with Crippen molar-refractivity contribution in [2.24, 2.45) is 0 Å². The molecule has 0 saturated heterocycles. The Morgan fingerprint density at radius 1 is 1.10 bits per heavy atom. The molecule has 21 heavy (non-hydrogen) atoms. The summed E-state index contributed by atoms with van der Waals surface area (Å²) in [7, 11) is 0. The molecule has 1 amide bonds. The Morgan fingerprint density at radius 2 is 1.67 bits per heavy atom. The molecule has 4 nitrogen and oxygen atoms in total. The van der Waals surface area contributed by atoms with E-state index in [0.29, 0.717) is 18.4 Å². The van der Waals surface area contributed by atoms with E-state index in [9.17, 15) is 14.7 Å². The van der Waals surface area contributed by atoms with Gasteiger partial charge in [0.15, 0.2) is 0 Å². The average Bonchev–Trinajstić information content (AvgIpc) is 2.74. The highest BCUT2D eigenvalue weighted by molar-refractivity contribution is 5.97. The summed E-state index contributed by atoms with van der Waals surface area (Å²) in [6, 6.07) is 7.35. The average molecular weight is 289 g/mol. The Morgan fingerprint density at radius 3 is 2.14 bits per heavy atom. The van der Waals surface area contributed by atoms with Gasteiger partial charge >= 0.3 is 5.97 Å². The van der Waals surface area contributed by atoms with Crippen molar-refractivity contribution in [2.45, 2.75) is 57.4 Å². The van der Waals surface area contributed by atoms with Gasteiger partial charge in [0, 0.05) is 5.56 Å². The summed E-state index contributed by atoms with van der Waals surface area (Å²) in [6.07, 6.45) is 5.72. The van der Waals surface area contributed by atoms with Crippen LogP contribution in [0.3, 0.4) is 0 Å². The van der Waals surface area contributed by atoms with Crippen LogP contribution in [0.5, 0.6) is 0 Å². The van der Waals surface area contributed by atoms with Crippen LogP contribution in [-0.2, 0) is 11.2 Å². The molecule has 114 valence electrons. The maximum atomic E-state index is 12.4. The van der Waals surface area contributed by atoms with E-state index in [4.69, 9.17) is 0 Å². The van der Waals surface area contributed by atoms with E-state index in [1.807, 2.05) is 12.1 Å². The number of carboxylic acid groups (broad SMARTS) is 1. The lowest BCUT2D eigenvalue weighted by Gasteiger charge is -2.29. The quantitative estimate of drug-likeness (QED) is 0.837. The lowest BCUT2D eigenvalue weighted by atomic mass is 9.89. The zero-order valence-electron chi connectivity index (χ0n) is 12.5. The monoisotopic (exact) mass is 289 g/mol. The number of hydrogen-bond acceptors (Lipinski definition) is 2. The fraction of sp³-hybridized carbons (Fsp3) is 0.529. The molecule has 0 unspecified atom stereocenters. The summed E-state index contributed by atoms with van der Waals surface area (Å²) < 4.78 is 0. The Balaban J connectivity index is 2.15. The Hall–Kier alpha value is -1.84. The number of carboxylic acids is 1. The highest BCUT2D eigenvalue weighted by atomic mass is 16.4. The van der Waals surface area contributed by atoms with E-state index < -0.39 is 11.5 Å². The number of nitrogens with one attached hydrogen (secondary N) is 1. The number of aliphatic carboxylic acids is 1. The number of benzene rings is 1. The first-order chi connectivity index (χ1) is 10.1. The largest absolute Gasteiger partial charge is 0.480 e. The number of carbonyl (C=O) groups excluding carboxylic acids is 1. The fourth-order valence-corrected chi connectivity index (χ4v) is 2.91. The first kappa shape index (κ1) is 15.5. The van der Waals surface area contributed by atoms with Crippen LogP contribution < -0.4 is 5.32 Å². The molecule has 0 aromatic heterocycles. The molecule has 0 atom stereocenters. The van der Waals surface area contributed by atoms with E-state index in [1.165, 1.54) is 0 Å². The molecule has 1 saturated carbocycles. The number of amides is 1. The molecule has 0 radical (unpaired) electrons. The minimum atomic E-state index is -1.10. The van der Waals surface area contributed by atoms with Gasteiger partial charge in [0.25, 0.3) is 5.91 Å². The number of aryl methyl sites for hydroxylation is 1. The Bertz CT molecular complexity index is 499. The van der Waals surface area contributed by atoms with E-state index in [-0.39, 0.29) is 5.91 Å². The summed E-state index contributed by atoms with van der Waals surface area (Å²) in [5.74, 6) is -1.20. The number of carbonyl (C=O) groups is 2. The van der Waals surface area contributed by atoms with Crippen molar-refractivity contribution >= 4 is 11.9 Å². The molecular weight excluding hydrogens is 266 g/mol. The molecule has 0 spiro atoms. The van der Waals surface area contributed by atoms with Crippen molar-refractivity contribution in [1.29, 1.82) is 0 Å². The molecule has 0 bridgehead atoms. The molecule has 0 aliphatic heterocycles. The van der Waals surface area contributed by atoms with E-state index in [0.717, 1.165) is 37.7 Å².